The van der Waals surface area contributed by atoms with E-state index in [-0.39, 0.29) is 5.88 Å². The van der Waals surface area contributed by atoms with E-state index in [1.54, 1.807) is 11.3 Å². The Morgan fingerprint density at radius 1 is 1.37 bits per heavy atom. The minimum Gasteiger partial charge on any atom is -0.492 e. The molecular formula is C15H18N2OS. The standard InChI is InChI=1S/C15H18N2OS/c1-9(2)13-14(18)17-15(19-13)16-12-8-7-10-5-3-4-6-11(10)12/h3-6,9,12,18H,7-8H2,1-2H3,(H,16,17)/t12-/m0/s1. The summed E-state index contributed by atoms with van der Waals surface area (Å²) in [7, 11) is 0. The van der Waals surface area contributed by atoms with E-state index in [1.807, 2.05) is 0 Å². The Morgan fingerprint density at radius 3 is 2.89 bits per heavy atom. The molecule has 0 saturated heterocycles. The van der Waals surface area contributed by atoms with Crippen LogP contribution in [-0.4, -0.2) is 10.1 Å². The predicted octanol–water partition coefficient (Wildman–Crippen LogP) is 4.07. The largest absolute Gasteiger partial charge is 0.492 e. The Bertz CT molecular complexity index is 592. The minimum atomic E-state index is 0.175. The van der Waals surface area contributed by atoms with Crippen molar-refractivity contribution in [3.05, 3.63) is 40.3 Å². The molecule has 1 aromatic heterocycles. The van der Waals surface area contributed by atoms with E-state index in [2.05, 4.69) is 48.4 Å². The molecule has 0 radical (unpaired) electrons. The van der Waals surface area contributed by atoms with Crippen molar-refractivity contribution in [2.75, 3.05) is 5.32 Å². The molecule has 3 nitrogen and oxygen atoms in total. The molecule has 1 aromatic carbocycles. The molecule has 1 aliphatic carbocycles. The van der Waals surface area contributed by atoms with E-state index in [0.717, 1.165) is 22.9 Å². The molecule has 3 rings (SSSR count). The molecule has 2 N–H and O–H groups in total. The third-order valence-corrected chi connectivity index (χ3v) is 4.87. The lowest BCUT2D eigenvalue weighted by Gasteiger charge is -2.12. The zero-order valence-corrected chi connectivity index (χ0v) is 12.0. The Morgan fingerprint density at radius 2 is 2.16 bits per heavy atom. The normalized spacial score (nSPS) is 17.7. The van der Waals surface area contributed by atoms with E-state index in [9.17, 15) is 5.11 Å². The van der Waals surface area contributed by atoms with Crippen LogP contribution in [0.15, 0.2) is 24.3 Å². The van der Waals surface area contributed by atoms with Gasteiger partial charge in [0.1, 0.15) is 0 Å². The van der Waals surface area contributed by atoms with Gasteiger partial charge in [-0.1, -0.05) is 49.4 Å². The van der Waals surface area contributed by atoms with Gasteiger partial charge in [-0.15, -0.1) is 0 Å². The topological polar surface area (TPSA) is 45.2 Å². The fraction of sp³-hybridized carbons (Fsp3) is 0.400. The summed E-state index contributed by atoms with van der Waals surface area (Å²) in [6.07, 6.45) is 2.21. The van der Waals surface area contributed by atoms with Crippen molar-refractivity contribution < 1.29 is 5.11 Å². The van der Waals surface area contributed by atoms with Gasteiger partial charge in [-0.3, -0.25) is 0 Å². The average Bonchev–Trinajstić information content (AvgIpc) is 2.95. The smallest absolute Gasteiger partial charge is 0.227 e. The second kappa shape index (κ2) is 4.85. The molecular weight excluding hydrogens is 256 g/mol. The first-order chi connectivity index (χ1) is 9.15. The maximum absolute atomic E-state index is 9.83. The molecule has 4 heteroatoms. The zero-order valence-electron chi connectivity index (χ0n) is 11.2. The number of thiazole rings is 1. The van der Waals surface area contributed by atoms with E-state index < -0.39 is 0 Å². The minimum absolute atomic E-state index is 0.175. The summed E-state index contributed by atoms with van der Waals surface area (Å²) in [6.45, 7) is 4.14. The molecule has 0 saturated carbocycles. The lowest BCUT2D eigenvalue weighted by Crippen LogP contribution is -2.06. The van der Waals surface area contributed by atoms with Gasteiger partial charge >= 0.3 is 0 Å². The monoisotopic (exact) mass is 274 g/mol. The fourth-order valence-corrected chi connectivity index (χ4v) is 3.53. The first-order valence-electron chi connectivity index (χ1n) is 6.69. The van der Waals surface area contributed by atoms with Crippen LogP contribution in [0.1, 0.15) is 48.2 Å². The first-order valence-corrected chi connectivity index (χ1v) is 7.51. The van der Waals surface area contributed by atoms with Crippen LogP contribution in [0.5, 0.6) is 5.88 Å². The summed E-state index contributed by atoms with van der Waals surface area (Å²) in [6, 6.07) is 8.86. The van der Waals surface area contributed by atoms with Crippen LogP contribution in [0.4, 0.5) is 5.13 Å². The Labute approximate surface area is 117 Å². The summed E-state index contributed by atoms with van der Waals surface area (Å²) in [5, 5.41) is 14.1. The van der Waals surface area contributed by atoms with Crippen LogP contribution in [-0.2, 0) is 6.42 Å². The average molecular weight is 274 g/mol. The molecule has 1 aliphatic rings. The van der Waals surface area contributed by atoms with Crippen LogP contribution in [0, 0.1) is 0 Å². The number of nitrogens with zero attached hydrogens (tertiary/aromatic N) is 1. The van der Waals surface area contributed by atoms with Crippen LogP contribution in [0.25, 0.3) is 0 Å². The van der Waals surface area contributed by atoms with Gasteiger partial charge < -0.3 is 10.4 Å². The van der Waals surface area contributed by atoms with E-state index >= 15 is 0 Å². The summed E-state index contributed by atoms with van der Waals surface area (Å²) in [4.78, 5) is 5.18. The second-order valence-electron chi connectivity index (χ2n) is 5.30. The zero-order chi connectivity index (χ0) is 13.4. The van der Waals surface area contributed by atoms with Gasteiger partial charge in [0.2, 0.25) is 5.88 Å². The molecule has 19 heavy (non-hydrogen) atoms. The number of aromatic nitrogens is 1. The molecule has 0 spiro atoms. The number of rotatable bonds is 3. The lowest BCUT2D eigenvalue weighted by atomic mass is 10.1. The van der Waals surface area contributed by atoms with Crippen molar-refractivity contribution in [1.29, 1.82) is 0 Å². The SMILES string of the molecule is CC(C)c1sc(N[C@H]2CCc3ccccc32)nc1O. The van der Waals surface area contributed by atoms with Crippen molar-refractivity contribution in [2.24, 2.45) is 0 Å². The van der Waals surface area contributed by atoms with Gasteiger partial charge in [-0.2, -0.15) is 4.98 Å². The molecule has 0 fully saturated rings. The molecule has 1 heterocycles. The number of hydrogen-bond acceptors (Lipinski definition) is 4. The van der Waals surface area contributed by atoms with Gasteiger partial charge in [0.05, 0.1) is 10.9 Å². The number of fused-ring (bicyclic) bond motifs is 1. The quantitative estimate of drug-likeness (QED) is 0.886. The molecule has 0 unspecified atom stereocenters. The highest BCUT2D eigenvalue weighted by Crippen LogP contribution is 2.38. The highest BCUT2D eigenvalue weighted by Gasteiger charge is 2.23. The van der Waals surface area contributed by atoms with E-state index in [4.69, 9.17) is 0 Å². The van der Waals surface area contributed by atoms with E-state index in [1.165, 1.54) is 11.1 Å². The lowest BCUT2D eigenvalue weighted by molar-refractivity contribution is 0.449. The van der Waals surface area contributed by atoms with Crippen molar-refractivity contribution in [2.45, 2.75) is 38.6 Å². The summed E-state index contributed by atoms with van der Waals surface area (Å²) >= 11 is 1.56. The van der Waals surface area contributed by atoms with Crippen LogP contribution in [0.2, 0.25) is 0 Å². The molecule has 0 bridgehead atoms. The third-order valence-electron chi connectivity index (χ3n) is 3.59. The summed E-state index contributed by atoms with van der Waals surface area (Å²) < 4.78 is 0. The second-order valence-corrected chi connectivity index (χ2v) is 6.33. The van der Waals surface area contributed by atoms with Gasteiger partial charge in [-0.25, -0.2) is 0 Å². The number of benzene rings is 1. The van der Waals surface area contributed by atoms with Gasteiger partial charge in [0.15, 0.2) is 5.13 Å². The number of anilines is 1. The summed E-state index contributed by atoms with van der Waals surface area (Å²) in [5.41, 5.74) is 2.79. The molecule has 0 aliphatic heterocycles. The van der Waals surface area contributed by atoms with Gasteiger partial charge in [-0.05, 0) is 29.9 Å². The maximum Gasteiger partial charge on any atom is 0.227 e. The maximum atomic E-state index is 9.83. The van der Waals surface area contributed by atoms with Crippen LogP contribution < -0.4 is 5.32 Å². The summed E-state index contributed by atoms with van der Waals surface area (Å²) in [5.74, 6) is 0.484. The number of hydrogen-bond donors (Lipinski definition) is 2. The van der Waals surface area contributed by atoms with Crippen LogP contribution >= 0.6 is 11.3 Å². The Kier molecular flexibility index (Phi) is 3.19. The van der Waals surface area contributed by atoms with E-state index in [0.29, 0.717) is 12.0 Å². The Hall–Kier alpha value is -1.55. The van der Waals surface area contributed by atoms with Crippen molar-refractivity contribution >= 4 is 16.5 Å². The van der Waals surface area contributed by atoms with Gasteiger partial charge in [0.25, 0.3) is 0 Å². The Balaban J connectivity index is 1.82. The molecule has 2 aromatic rings. The van der Waals surface area contributed by atoms with Crippen LogP contribution in [0.3, 0.4) is 0 Å². The fourth-order valence-electron chi connectivity index (χ4n) is 2.62. The van der Waals surface area contributed by atoms with Gasteiger partial charge in [0, 0.05) is 0 Å². The number of aromatic hydroxyl groups is 1. The van der Waals surface area contributed by atoms with Crippen molar-refractivity contribution in [3.8, 4) is 5.88 Å². The number of aryl methyl sites for hydroxylation is 1. The highest BCUT2D eigenvalue weighted by atomic mass is 32.1. The first kappa shape index (κ1) is 12.5. The third kappa shape index (κ3) is 2.32. The molecule has 1 atom stereocenters. The highest BCUT2D eigenvalue weighted by molar-refractivity contribution is 7.16. The number of nitrogens with one attached hydrogen (secondary N) is 1. The predicted molar refractivity (Wildman–Crippen MR) is 79.0 cm³/mol. The van der Waals surface area contributed by atoms with Crippen molar-refractivity contribution in [1.82, 2.24) is 4.98 Å². The molecule has 0 amide bonds. The molecule has 100 valence electrons. The van der Waals surface area contributed by atoms with Crippen molar-refractivity contribution in [3.63, 3.8) is 0 Å².